The van der Waals surface area contributed by atoms with Crippen LogP contribution in [0.5, 0.6) is 11.5 Å². The van der Waals surface area contributed by atoms with Gasteiger partial charge >= 0.3 is 18.1 Å². The minimum Gasteiger partial charge on any atom is -0.497 e. The number of pyridine rings is 1. The zero-order valence-electron chi connectivity index (χ0n) is 31.1. The molecule has 2 aromatic carbocycles. The fraction of sp³-hybridized carbons (Fsp3) is 0.425. The lowest BCUT2D eigenvalue weighted by Crippen LogP contribution is -2.56. The smallest absolute Gasteiger partial charge is 0.426 e. The third-order valence-corrected chi connectivity index (χ3v) is 8.65. The molecule has 0 saturated carbocycles. The van der Waals surface area contributed by atoms with Crippen molar-refractivity contribution in [2.24, 2.45) is 0 Å². The molecule has 4 amide bonds. The second-order valence-electron chi connectivity index (χ2n) is 13.9. The van der Waals surface area contributed by atoms with Gasteiger partial charge in [-0.25, -0.2) is 29.8 Å². The molecule has 2 atom stereocenters. The molecule has 0 radical (unpaired) electrons. The highest BCUT2D eigenvalue weighted by Crippen LogP contribution is 2.34. The number of hydrogen-bond acceptors (Lipinski definition) is 9. The molecule has 2 aliphatic rings. The van der Waals surface area contributed by atoms with E-state index in [1.807, 2.05) is 66.7 Å². The van der Waals surface area contributed by atoms with Gasteiger partial charge in [-0.3, -0.25) is 4.79 Å². The Morgan fingerprint density at radius 2 is 1.87 bits per heavy atom. The molecule has 282 valence electrons. The van der Waals surface area contributed by atoms with E-state index < -0.39 is 35.8 Å². The molecule has 1 saturated heterocycles. The summed E-state index contributed by atoms with van der Waals surface area (Å²) in [5.41, 5.74) is 4.79. The molecule has 2 N–H and O–H groups in total. The third-order valence-electron chi connectivity index (χ3n) is 8.65. The Kier molecular flexibility index (Phi) is 12.9. The second kappa shape index (κ2) is 17.8. The maximum atomic E-state index is 14.3. The van der Waals surface area contributed by atoms with Crippen molar-refractivity contribution < 1.29 is 38.1 Å². The summed E-state index contributed by atoms with van der Waals surface area (Å²) in [7, 11) is 1.59. The molecule has 13 heteroatoms. The van der Waals surface area contributed by atoms with Crippen molar-refractivity contribution in [1.82, 2.24) is 25.6 Å². The minimum absolute atomic E-state index is 0.0691. The quantitative estimate of drug-likeness (QED) is 0.210. The molecule has 0 aliphatic carbocycles. The zero-order valence-corrected chi connectivity index (χ0v) is 31.1. The molecule has 53 heavy (non-hydrogen) atoms. The van der Waals surface area contributed by atoms with E-state index in [1.165, 1.54) is 16.0 Å². The molecule has 1 aromatic heterocycles. The van der Waals surface area contributed by atoms with Crippen LogP contribution in [0.1, 0.15) is 59.8 Å². The van der Waals surface area contributed by atoms with Gasteiger partial charge in [0.25, 0.3) is 0 Å². The molecule has 3 heterocycles. The molecule has 0 bridgehead atoms. The topological polar surface area (TPSA) is 149 Å². The maximum Gasteiger partial charge on any atom is 0.426 e. The van der Waals surface area contributed by atoms with E-state index in [4.69, 9.17) is 23.9 Å². The zero-order chi connectivity index (χ0) is 38.0. The number of esters is 1. The number of nitrogens with one attached hydrogen (secondary N) is 2. The van der Waals surface area contributed by atoms with E-state index in [0.29, 0.717) is 54.0 Å². The van der Waals surface area contributed by atoms with Gasteiger partial charge < -0.3 is 29.2 Å². The first kappa shape index (κ1) is 38.6. The summed E-state index contributed by atoms with van der Waals surface area (Å²) in [6.07, 6.45) is 6.34. The monoisotopic (exact) mass is 727 g/mol. The Labute approximate surface area is 310 Å². The van der Waals surface area contributed by atoms with E-state index in [1.54, 1.807) is 34.8 Å². The fourth-order valence-electron chi connectivity index (χ4n) is 6.20. The molecular weight excluding hydrogens is 678 g/mol. The lowest BCUT2D eigenvalue weighted by Gasteiger charge is -2.32. The minimum atomic E-state index is -0.921. The number of ether oxygens (including phenoxy) is 4. The number of aromatic nitrogens is 1. The summed E-state index contributed by atoms with van der Waals surface area (Å²) in [6, 6.07) is 15.7. The van der Waals surface area contributed by atoms with Gasteiger partial charge in [-0.1, -0.05) is 42.5 Å². The van der Waals surface area contributed by atoms with Crippen LogP contribution < -0.4 is 20.2 Å². The molecule has 2 aliphatic heterocycles. The Balaban J connectivity index is 1.46. The summed E-state index contributed by atoms with van der Waals surface area (Å²) >= 11 is 0. The van der Waals surface area contributed by atoms with Crippen LogP contribution in [0, 0.1) is 0 Å². The highest BCUT2D eigenvalue weighted by Gasteiger charge is 2.43. The van der Waals surface area contributed by atoms with Gasteiger partial charge in [0.05, 0.1) is 31.5 Å². The number of hydrazine groups is 1. The predicted molar refractivity (Wildman–Crippen MR) is 200 cm³/mol. The van der Waals surface area contributed by atoms with Gasteiger partial charge in [0.15, 0.2) is 0 Å². The van der Waals surface area contributed by atoms with Gasteiger partial charge in [-0.05, 0) is 71.1 Å². The van der Waals surface area contributed by atoms with Crippen LogP contribution >= 0.6 is 0 Å². The van der Waals surface area contributed by atoms with Crippen molar-refractivity contribution in [2.75, 3.05) is 33.4 Å². The van der Waals surface area contributed by atoms with Gasteiger partial charge in [-0.2, -0.15) is 0 Å². The number of carbonyl (C=O) groups is 4. The first-order chi connectivity index (χ1) is 25.4. The average molecular weight is 728 g/mol. The summed E-state index contributed by atoms with van der Waals surface area (Å²) in [4.78, 5) is 59.7. The number of rotatable bonds is 7. The first-order valence-electron chi connectivity index (χ1n) is 18.0. The van der Waals surface area contributed by atoms with E-state index >= 15 is 0 Å². The fourth-order valence-corrected chi connectivity index (χ4v) is 6.20. The number of amides is 4. The Morgan fingerprint density at radius 1 is 1.08 bits per heavy atom. The van der Waals surface area contributed by atoms with Crippen molar-refractivity contribution in [2.45, 2.75) is 77.5 Å². The van der Waals surface area contributed by atoms with Crippen molar-refractivity contribution in [3.05, 3.63) is 78.4 Å². The average Bonchev–Trinajstić information content (AvgIpc) is 3.54. The molecular formula is C40H49N5O8. The predicted octanol–water partition coefficient (Wildman–Crippen LogP) is 6.33. The maximum absolute atomic E-state index is 14.3. The summed E-state index contributed by atoms with van der Waals surface area (Å²) in [5.74, 6) is 0.348. The number of methoxy groups -OCH3 is 1. The van der Waals surface area contributed by atoms with Crippen LogP contribution in [-0.4, -0.2) is 90.0 Å². The first-order valence-corrected chi connectivity index (χ1v) is 18.0. The van der Waals surface area contributed by atoms with Crippen LogP contribution in [0.2, 0.25) is 0 Å². The number of urea groups is 1. The summed E-state index contributed by atoms with van der Waals surface area (Å²) in [5, 5.41) is 4.91. The Hall–Kier alpha value is -5.59. The van der Waals surface area contributed by atoms with E-state index in [2.05, 4.69) is 10.7 Å². The highest BCUT2D eigenvalue weighted by molar-refractivity contribution is 5.90. The van der Waals surface area contributed by atoms with E-state index in [9.17, 15) is 19.2 Å². The molecule has 0 spiro atoms. The summed E-state index contributed by atoms with van der Waals surface area (Å²) in [6.45, 7) is 7.67. The van der Waals surface area contributed by atoms with Crippen LogP contribution in [0.15, 0.2) is 78.4 Å². The van der Waals surface area contributed by atoms with Crippen LogP contribution in [0.25, 0.3) is 22.2 Å². The third kappa shape index (κ3) is 10.7. The largest absolute Gasteiger partial charge is 0.497 e. The number of nitrogens with zero attached hydrogens (tertiary/aromatic N) is 3. The van der Waals surface area contributed by atoms with Crippen molar-refractivity contribution in [1.29, 1.82) is 0 Å². The molecule has 5 rings (SSSR count). The molecule has 13 nitrogen and oxygen atoms in total. The van der Waals surface area contributed by atoms with Crippen LogP contribution in [-0.2, 0) is 19.1 Å². The van der Waals surface area contributed by atoms with Gasteiger partial charge in [0.2, 0.25) is 5.91 Å². The lowest BCUT2D eigenvalue weighted by atomic mass is 10.1. The Bertz CT molecular complexity index is 1840. The highest BCUT2D eigenvalue weighted by atomic mass is 16.6. The van der Waals surface area contributed by atoms with Gasteiger partial charge in [0.1, 0.15) is 29.2 Å². The normalized spacial score (nSPS) is 20.1. The van der Waals surface area contributed by atoms with Gasteiger partial charge in [-0.15, -0.1) is 0 Å². The lowest BCUT2D eigenvalue weighted by molar-refractivity contribution is -0.137. The van der Waals surface area contributed by atoms with Crippen LogP contribution in [0.4, 0.5) is 9.59 Å². The van der Waals surface area contributed by atoms with Crippen molar-refractivity contribution in [3.63, 3.8) is 0 Å². The molecule has 3 aromatic rings. The van der Waals surface area contributed by atoms with Crippen molar-refractivity contribution in [3.8, 4) is 22.8 Å². The number of hydrogen-bond donors (Lipinski definition) is 2. The SMILES string of the molecule is CCOC(=O)/C=C1\C=C/CCCCN(NC(=O)OC(C)(C)C)C(=O)N2C[C@H](Oc3cc(-c4ccccc4)nc4cc(OC)ccc34)C[C@H]2C(=O)NCC1. The number of fused-ring (bicyclic) bond motifs is 2. The molecule has 0 unspecified atom stereocenters. The van der Waals surface area contributed by atoms with Crippen molar-refractivity contribution >= 4 is 34.9 Å². The number of carbonyl (C=O) groups excluding carboxylic acids is 4. The number of allylic oxidation sites excluding steroid dienone is 2. The number of benzene rings is 2. The molecule has 1 fully saturated rings. The van der Waals surface area contributed by atoms with E-state index in [-0.39, 0.29) is 38.6 Å². The van der Waals surface area contributed by atoms with Gasteiger partial charge in [0, 0.05) is 48.7 Å². The standard InChI is InChI=1S/C40H49N5O8/c1-6-51-36(46)22-27-14-10-7-8-13-21-45(43-38(48)53-40(2,3)4)39(49)44-26-30(24-34(44)37(47)41-20-19-27)52-35-25-32(28-15-11-9-12-16-28)42-33-23-29(50-5)17-18-31(33)35/h9-12,14-18,22-23,25,30,34H,6-8,13,19-21,24,26H2,1-5H3,(H,41,47)(H,43,48)/b14-10-,27-22+/t30-,34+/m1/s1. The Morgan fingerprint density at radius 3 is 2.60 bits per heavy atom. The van der Waals surface area contributed by atoms with E-state index in [0.717, 1.165) is 10.9 Å². The summed E-state index contributed by atoms with van der Waals surface area (Å²) < 4.78 is 22.7. The second-order valence-corrected chi connectivity index (χ2v) is 13.9. The van der Waals surface area contributed by atoms with Crippen LogP contribution in [0.3, 0.4) is 0 Å².